The Morgan fingerprint density at radius 1 is 1.07 bits per heavy atom. The fourth-order valence-electron chi connectivity index (χ4n) is 3.83. The van der Waals surface area contributed by atoms with E-state index in [1.165, 1.54) is 5.56 Å². The molecule has 1 fully saturated rings. The van der Waals surface area contributed by atoms with Crippen LogP contribution >= 0.6 is 0 Å². The first-order valence-electron chi connectivity index (χ1n) is 9.86. The summed E-state index contributed by atoms with van der Waals surface area (Å²) in [6, 6.07) is 14.6. The summed E-state index contributed by atoms with van der Waals surface area (Å²) in [5.41, 5.74) is 4.44. The second-order valence-corrected chi connectivity index (χ2v) is 7.70. The van der Waals surface area contributed by atoms with Crippen molar-refractivity contribution in [2.24, 2.45) is 0 Å². The summed E-state index contributed by atoms with van der Waals surface area (Å²) in [7, 11) is 9.37. The Kier molecular flexibility index (Phi) is 6.77. The normalized spacial score (nSPS) is 17.1. The lowest BCUT2D eigenvalue weighted by molar-refractivity contribution is -0.128. The van der Waals surface area contributed by atoms with Crippen LogP contribution in [-0.4, -0.2) is 64.2 Å². The largest absolute Gasteiger partial charge is 0.496 e. The zero-order valence-corrected chi connectivity index (χ0v) is 18.0. The molecule has 0 N–H and O–H groups in total. The van der Waals surface area contributed by atoms with Crippen molar-refractivity contribution in [3.63, 3.8) is 0 Å². The van der Waals surface area contributed by atoms with Crippen LogP contribution in [0, 0.1) is 0 Å². The molecule has 156 valence electrons. The van der Waals surface area contributed by atoms with Crippen LogP contribution in [0.5, 0.6) is 5.75 Å². The number of anilines is 1. The van der Waals surface area contributed by atoms with E-state index in [1.807, 2.05) is 37.0 Å². The highest BCUT2D eigenvalue weighted by Crippen LogP contribution is 2.37. The summed E-state index contributed by atoms with van der Waals surface area (Å²) in [5, 5.41) is 0. The highest BCUT2D eigenvalue weighted by Gasteiger charge is 2.37. The van der Waals surface area contributed by atoms with Gasteiger partial charge in [-0.2, -0.15) is 0 Å². The standard InChI is InChI=1S/C23H31N3O3/c1-24(2)19-10-11-20(21(14-19)29-5)23-25(3)15-22(27)26(23)13-12-17-6-8-18(9-7-17)16-28-4/h6-11,14,23H,12-13,15-16H2,1-5H3. The smallest absolute Gasteiger partial charge is 0.238 e. The third-order valence-corrected chi connectivity index (χ3v) is 5.40. The lowest BCUT2D eigenvalue weighted by atomic mass is 10.1. The van der Waals surface area contributed by atoms with Gasteiger partial charge in [0.1, 0.15) is 11.9 Å². The van der Waals surface area contributed by atoms with Crippen LogP contribution < -0.4 is 9.64 Å². The minimum atomic E-state index is -0.124. The number of carbonyl (C=O) groups excluding carboxylic acids is 1. The molecule has 0 spiro atoms. The minimum Gasteiger partial charge on any atom is -0.496 e. The third kappa shape index (κ3) is 4.71. The number of hydrogen-bond acceptors (Lipinski definition) is 5. The summed E-state index contributed by atoms with van der Waals surface area (Å²) in [4.78, 5) is 18.8. The van der Waals surface area contributed by atoms with Crippen molar-refractivity contribution in [2.75, 3.05) is 53.4 Å². The Morgan fingerprint density at radius 2 is 1.76 bits per heavy atom. The number of rotatable bonds is 8. The van der Waals surface area contributed by atoms with Gasteiger partial charge in [0.15, 0.2) is 0 Å². The van der Waals surface area contributed by atoms with Crippen molar-refractivity contribution in [3.05, 3.63) is 59.2 Å². The summed E-state index contributed by atoms with van der Waals surface area (Å²) < 4.78 is 10.8. The number of amides is 1. The van der Waals surface area contributed by atoms with Crippen molar-refractivity contribution in [1.82, 2.24) is 9.80 Å². The van der Waals surface area contributed by atoms with Crippen LogP contribution in [-0.2, 0) is 22.6 Å². The van der Waals surface area contributed by atoms with Crippen LogP contribution in [0.1, 0.15) is 22.9 Å². The van der Waals surface area contributed by atoms with Crippen molar-refractivity contribution in [1.29, 1.82) is 0 Å². The van der Waals surface area contributed by atoms with E-state index in [2.05, 4.69) is 41.3 Å². The van der Waals surface area contributed by atoms with Crippen LogP contribution in [0.2, 0.25) is 0 Å². The van der Waals surface area contributed by atoms with Gasteiger partial charge in [0.05, 0.1) is 20.3 Å². The predicted octanol–water partition coefficient (Wildman–Crippen LogP) is 2.92. The molecule has 0 aliphatic carbocycles. The van der Waals surface area contributed by atoms with Crippen LogP contribution in [0.15, 0.2) is 42.5 Å². The molecule has 0 radical (unpaired) electrons. The lowest BCUT2D eigenvalue weighted by Crippen LogP contribution is -2.33. The van der Waals surface area contributed by atoms with Crippen molar-refractivity contribution < 1.29 is 14.3 Å². The molecule has 1 heterocycles. The number of ether oxygens (including phenoxy) is 2. The molecule has 2 aromatic rings. The van der Waals surface area contributed by atoms with Gasteiger partial charge in [-0.15, -0.1) is 0 Å². The van der Waals surface area contributed by atoms with Gasteiger partial charge in [-0.1, -0.05) is 24.3 Å². The van der Waals surface area contributed by atoms with Gasteiger partial charge >= 0.3 is 0 Å². The summed E-state index contributed by atoms with van der Waals surface area (Å²) in [6.45, 7) is 1.69. The van der Waals surface area contributed by atoms with Crippen LogP contribution in [0.25, 0.3) is 0 Å². The predicted molar refractivity (Wildman–Crippen MR) is 115 cm³/mol. The Balaban J connectivity index is 1.79. The molecule has 2 aromatic carbocycles. The maximum atomic E-state index is 12.7. The van der Waals surface area contributed by atoms with Gasteiger partial charge in [0.2, 0.25) is 5.91 Å². The quantitative estimate of drug-likeness (QED) is 0.685. The van der Waals surface area contributed by atoms with Crippen molar-refractivity contribution in [2.45, 2.75) is 19.2 Å². The molecule has 1 atom stereocenters. The van der Waals surface area contributed by atoms with Gasteiger partial charge in [0, 0.05) is 45.1 Å². The number of nitrogens with zero attached hydrogens (tertiary/aromatic N) is 3. The number of likely N-dealkylation sites (N-methyl/N-ethyl adjacent to an activating group) is 1. The average molecular weight is 398 g/mol. The van der Waals surface area contributed by atoms with E-state index in [-0.39, 0.29) is 12.1 Å². The Labute approximate surface area is 173 Å². The van der Waals surface area contributed by atoms with Crippen LogP contribution in [0.4, 0.5) is 5.69 Å². The monoisotopic (exact) mass is 397 g/mol. The van der Waals surface area contributed by atoms with E-state index in [9.17, 15) is 4.79 Å². The number of carbonyl (C=O) groups is 1. The van der Waals surface area contributed by atoms with Gasteiger partial charge in [0.25, 0.3) is 0 Å². The zero-order valence-electron chi connectivity index (χ0n) is 18.0. The van der Waals surface area contributed by atoms with E-state index in [0.717, 1.165) is 29.0 Å². The molecule has 1 saturated heterocycles. The number of hydrogen-bond donors (Lipinski definition) is 0. The molecule has 3 rings (SSSR count). The van der Waals surface area contributed by atoms with Gasteiger partial charge in [-0.3, -0.25) is 9.69 Å². The first kappa shape index (κ1) is 21.1. The highest BCUT2D eigenvalue weighted by atomic mass is 16.5. The summed E-state index contributed by atoms with van der Waals surface area (Å²) >= 11 is 0. The van der Waals surface area contributed by atoms with Gasteiger partial charge in [-0.25, -0.2) is 0 Å². The van der Waals surface area contributed by atoms with Crippen LogP contribution in [0.3, 0.4) is 0 Å². The molecule has 0 aromatic heterocycles. The van der Waals surface area contributed by atoms with E-state index >= 15 is 0 Å². The lowest BCUT2D eigenvalue weighted by Gasteiger charge is -2.30. The molecule has 6 heteroatoms. The topological polar surface area (TPSA) is 45.2 Å². The molecule has 1 amide bonds. The molecule has 0 saturated carbocycles. The molecular weight excluding hydrogens is 366 g/mol. The van der Waals surface area contributed by atoms with E-state index < -0.39 is 0 Å². The molecule has 0 bridgehead atoms. The second kappa shape index (κ2) is 9.29. The Morgan fingerprint density at radius 3 is 2.38 bits per heavy atom. The van der Waals surface area contributed by atoms with E-state index in [0.29, 0.717) is 19.7 Å². The number of methoxy groups -OCH3 is 2. The Bertz CT molecular complexity index is 836. The first-order valence-corrected chi connectivity index (χ1v) is 9.86. The fraction of sp³-hybridized carbons (Fsp3) is 0.435. The minimum absolute atomic E-state index is 0.124. The molecule has 1 unspecified atom stereocenters. The molecule has 29 heavy (non-hydrogen) atoms. The fourth-order valence-corrected chi connectivity index (χ4v) is 3.83. The third-order valence-electron chi connectivity index (χ3n) is 5.40. The van der Waals surface area contributed by atoms with E-state index in [4.69, 9.17) is 9.47 Å². The highest BCUT2D eigenvalue weighted by molar-refractivity contribution is 5.81. The summed E-state index contributed by atoms with van der Waals surface area (Å²) in [5.74, 6) is 0.948. The molecular formula is C23H31N3O3. The maximum Gasteiger partial charge on any atom is 0.238 e. The van der Waals surface area contributed by atoms with Crippen molar-refractivity contribution in [3.8, 4) is 5.75 Å². The maximum absolute atomic E-state index is 12.7. The summed E-state index contributed by atoms with van der Waals surface area (Å²) in [6.07, 6.45) is 0.683. The van der Waals surface area contributed by atoms with Crippen molar-refractivity contribution >= 4 is 11.6 Å². The molecule has 1 aliphatic rings. The average Bonchev–Trinajstić information content (AvgIpc) is 2.99. The molecule has 1 aliphatic heterocycles. The van der Waals surface area contributed by atoms with Gasteiger partial charge < -0.3 is 19.3 Å². The van der Waals surface area contributed by atoms with E-state index in [1.54, 1.807) is 14.2 Å². The molecule has 6 nitrogen and oxygen atoms in total. The second-order valence-electron chi connectivity index (χ2n) is 7.70. The zero-order chi connectivity index (χ0) is 21.0. The first-order chi connectivity index (χ1) is 13.9. The Hall–Kier alpha value is -2.57. The SMILES string of the molecule is COCc1ccc(CCN2C(=O)CN(C)C2c2ccc(N(C)C)cc2OC)cc1. The number of benzene rings is 2. The van der Waals surface area contributed by atoms with Gasteiger partial charge in [-0.05, 0) is 36.7 Å².